The van der Waals surface area contributed by atoms with Gasteiger partial charge in [0.05, 0.1) is 28.6 Å². The standard InChI is InChI=1S/C37H26N2O3/c1-22(40)23-17-19-25(20-18-23)38-21-37-29-14-6-4-12-27(29)32(28-13-5-7-15-30(28)37)33-34(37)36(42)39(35(33)41)31-16-8-10-24-9-2-3-11-26(24)31/h2-21,32-34H,1H3/t32?,33-,34+,37?/m0/s1. The highest BCUT2D eigenvalue weighted by atomic mass is 16.2. The van der Waals surface area contributed by atoms with Gasteiger partial charge in [-0.2, -0.15) is 0 Å². The number of rotatable bonds is 4. The minimum atomic E-state index is -0.947. The van der Waals surface area contributed by atoms with Gasteiger partial charge in [-0.1, -0.05) is 84.9 Å². The van der Waals surface area contributed by atoms with E-state index < -0.39 is 17.3 Å². The zero-order valence-electron chi connectivity index (χ0n) is 22.9. The lowest BCUT2D eigenvalue weighted by molar-refractivity contribution is -0.122. The summed E-state index contributed by atoms with van der Waals surface area (Å²) in [6, 6.07) is 37.1. The molecule has 1 fully saturated rings. The highest BCUT2D eigenvalue weighted by Crippen LogP contribution is 2.64. The Morgan fingerprint density at radius 1 is 0.738 bits per heavy atom. The Kier molecular flexibility index (Phi) is 5.23. The van der Waals surface area contributed by atoms with Gasteiger partial charge in [0.1, 0.15) is 0 Å². The maximum absolute atomic E-state index is 14.7. The molecule has 1 aliphatic heterocycles. The normalized spacial score (nSPS) is 23.7. The maximum Gasteiger partial charge on any atom is 0.239 e. The van der Waals surface area contributed by atoms with Gasteiger partial charge >= 0.3 is 0 Å². The molecule has 2 amide bonds. The zero-order chi connectivity index (χ0) is 28.6. The zero-order valence-corrected chi connectivity index (χ0v) is 22.9. The molecule has 202 valence electrons. The van der Waals surface area contributed by atoms with E-state index in [1.807, 2.05) is 85.1 Å². The van der Waals surface area contributed by atoms with Gasteiger partial charge in [0.15, 0.2) is 5.78 Å². The minimum Gasteiger partial charge on any atom is -0.295 e. The molecular formula is C37H26N2O3. The predicted molar refractivity (Wildman–Crippen MR) is 164 cm³/mol. The van der Waals surface area contributed by atoms with Gasteiger partial charge in [0.2, 0.25) is 11.8 Å². The molecule has 1 saturated heterocycles. The van der Waals surface area contributed by atoms with Crippen LogP contribution in [0.2, 0.25) is 0 Å². The number of ketones is 1. The molecule has 5 nitrogen and oxygen atoms in total. The highest BCUT2D eigenvalue weighted by molar-refractivity contribution is 6.27. The summed E-state index contributed by atoms with van der Waals surface area (Å²) in [6.45, 7) is 1.54. The Morgan fingerprint density at radius 2 is 1.36 bits per heavy atom. The van der Waals surface area contributed by atoms with Crippen LogP contribution in [-0.4, -0.2) is 23.8 Å². The number of benzene rings is 5. The molecule has 9 rings (SSSR count). The van der Waals surface area contributed by atoms with E-state index in [2.05, 4.69) is 24.3 Å². The molecular weight excluding hydrogens is 520 g/mol. The van der Waals surface area contributed by atoms with Crippen molar-refractivity contribution in [3.05, 3.63) is 143 Å². The lowest BCUT2D eigenvalue weighted by Crippen LogP contribution is -2.54. The number of aliphatic imine (C=N–C) groups is 1. The van der Waals surface area contributed by atoms with Gasteiger partial charge < -0.3 is 0 Å². The van der Waals surface area contributed by atoms with E-state index in [4.69, 9.17) is 4.99 Å². The summed E-state index contributed by atoms with van der Waals surface area (Å²) in [4.78, 5) is 47.5. The third-order valence-corrected chi connectivity index (χ3v) is 9.38. The molecule has 5 aromatic rings. The average molecular weight is 547 g/mol. The summed E-state index contributed by atoms with van der Waals surface area (Å²) in [5.41, 5.74) is 5.13. The summed E-state index contributed by atoms with van der Waals surface area (Å²) >= 11 is 0. The van der Waals surface area contributed by atoms with Crippen LogP contribution in [0.15, 0.2) is 120 Å². The SMILES string of the molecule is CC(=O)c1ccc(N=CC23c4ccccc4C(c4ccccc42)[C@@H]2C(=O)N(c4cccc5ccccc45)C(=O)[C@@H]23)cc1. The Bertz CT molecular complexity index is 1940. The second kappa shape index (κ2) is 8.92. The molecule has 5 aromatic carbocycles. The highest BCUT2D eigenvalue weighted by Gasteiger charge is 2.68. The van der Waals surface area contributed by atoms with Crippen LogP contribution in [0.4, 0.5) is 11.4 Å². The lowest BCUT2D eigenvalue weighted by atomic mass is 9.47. The number of hydrogen-bond acceptors (Lipinski definition) is 4. The number of nitrogens with zero attached hydrogens (tertiary/aromatic N) is 2. The number of amides is 2. The summed E-state index contributed by atoms with van der Waals surface area (Å²) in [7, 11) is 0. The van der Waals surface area contributed by atoms with Crippen molar-refractivity contribution < 1.29 is 14.4 Å². The Labute approximate surface area is 243 Å². The van der Waals surface area contributed by atoms with Gasteiger partial charge in [-0.15, -0.1) is 0 Å². The Balaban J connectivity index is 1.37. The second-order valence-electron chi connectivity index (χ2n) is 11.4. The molecule has 1 heterocycles. The molecule has 4 aliphatic rings. The van der Waals surface area contributed by atoms with Crippen molar-refractivity contribution >= 4 is 46.0 Å². The first kappa shape index (κ1) is 24.6. The Morgan fingerprint density at radius 3 is 2.05 bits per heavy atom. The molecule has 0 unspecified atom stereocenters. The third-order valence-electron chi connectivity index (χ3n) is 9.38. The van der Waals surface area contributed by atoms with Gasteiger partial charge in [0, 0.05) is 23.1 Å². The number of carbonyl (C=O) groups excluding carboxylic acids is 3. The maximum atomic E-state index is 14.7. The fourth-order valence-electron chi connectivity index (χ4n) is 7.65. The first-order chi connectivity index (χ1) is 20.5. The Hall–Kier alpha value is -5.16. The molecule has 0 N–H and O–H groups in total. The monoisotopic (exact) mass is 546 g/mol. The van der Waals surface area contributed by atoms with E-state index in [0.29, 0.717) is 16.9 Å². The van der Waals surface area contributed by atoms with E-state index >= 15 is 0 Å². The van der Waals surface area contributed by atoms with Crippen molar-refractivity contribution in [1.29, 1.82) is 0 Å². The molecule has 5 heteroatoms. The van der Waals surface area contributed by atoms with E-state index in [0.717, 1.165) is 33.0 Å². The van der Waals surface area contributed by atoms with Crippen LogP contribution in [0.3, 0.4) is 0 Å². The first-order valence-electron chi connectivity index (χ1n) is 14.2. The largest absolute Gasteiger partial charge is 0.295 e. The summed E-state index contributed by atoms with van der Waals surface area (Å²) in [5, 5.41) is 1.85. The smallest absolute Gasteiger partial charge is 0.239 e. The van der Waals surface area contributed by atoms with Gasteiger partial charge in [-0.25, -0.2) is 4.90 Å². The van der Waals surface area contributed by atoms with Gasteiger partial charge in [-0.05, 0) is 64.9 Å². The van der Waals surface area contributed by atoms with Crippen molar-refractivity contribution in [2.45, 2.75) is 18.3 Å². The van der Waals surface area contributed by atoms with Crippen molar-refractivity contribution in [2.75, 3.05) is 4.90 Å². The summed E-state index contributed by atoms with van der Waals surface area (Å²) in [6.07, 6.45) is 1.89. The number of fused-ring (bicyclic) bond motifs is 1. The van der Waals surface area contributed by atoms with Crippen LogP contribution in [0.25, 0.3) is 10.8 Å². The van der Waals surface area contributed by atoms with Crippen LogP contribution in [-0.2, 0) is 15.0 Å². The topological polar surface area (TPSA) is 66.8 Å². The summed E-state index contributed by atoms with van der Waals surface area (Å²) in [5.74, 6) is -1.83. The first-order valence-corrected chi connectivity index (χ1v) is 14.2. The molecule has 3 aliphatic carbocycles. The summed E-state index contributed by atoms with van der Waals surface area (Å²) < 4.78 is 0. The fraction of sp³-hybridized carbons (Fsp3) is 0.135. The minimum absolute atomic E-state index is 0.0102. The van der Waals surface area contributed by atoms with Crippen LogP contribution in [0.1, 0.15) is 45.5 Å². The molecule has 2 bridgehead atoms. The van der Waals surface area contributed by atoms with Crippen LogP contribution >= 0.6 is 0 Å². The molecule has 2 atom stereocenters. The van der Waals surface area contributed by atoms with E-state index in [9.17, 15) is 14.4 Å². The second-order valence-corrected chi connectivity index (χ2v) is 11.4. The van der Waals surface area contributed by atoms with Crippen molar-refractivity contribution in [3.8, 4) is 0 Å². The number of carbonyl (C=O) groups is 3. The molecule has 42 heavy (non-hydrogen) atoms. The molecule has 0 aromatic heterocycles. The van der Waals surface area contributed by atoms with Crippen LogP contribution in [0.5, 0.6) is 0 Å². The van der Waals surface area contributed by atoms with Gasteiger partial charge in [-0.3, -0.25) is 19.4 Å². The number of anilines is 1. The van der Waals surface area contributed by atoms with Crippen molar-refractivity contribution in [3.63, 3.8) is 0 Å². The number of imide groups is 1. The van der Waals surface area contributed by atoms with E-state index in [1.54, 1.807) is 12.1 Å². The van der Waals surface area contributed by atoms with Crippen molar-refractivity contribution in [1.82, 2.24) is 0 Å². The molecule has 0 spiro atoms. The quantitative estimate of drug-likeness (QED) is 0.139. The van der Waals surface area contributed by atoms with Gasteiger partial charge in [0.25, 0.3) is 0 Å². The number of Topliss-reactive ketones (excluding diaryl/α,β-unsaturated/α-hetero) is 1. The lowest BCUT2D eigenvalue weighted by Gasteiger charge is -2.52. The predicted octanol–water partition coefficient (Wildman–Crippen LogP) is 7.00. The number of hydrogen-bond donors (Lipinski definition) is 0. The van der Waals surface area contributed by atoms with Crippen LogP contribution in [0, 0.1) is 11.8 Å². The van der Waals surface area contributed by atoms with Crippen LogP contribution < -0.4 is 4.90 Å². The average Bonchev–Trinajstić information content (AvgIpc) is 3.30. The van der Waals surface area contributed by atoms with E-state index in [1.165, 1.54) is 11.8 Å². The molecule has 0 saturated carbocycles. The third kappa shape index (κ3) is 3.19. The van der Waals surface area contributed by atoms with Crippen molar-refractivity contribution in [2.24, 2.45) is 16.8 Å². The molecule has 0 radical (unpaired) electrons. The fourth-order valence-corrected chi connectivity index (χ4v) is 7.65. The van der Waals surface area contributed by atoms with E-state index in [-0.39, 0.29) is 23.5 Å².